The highest BCUT2D eigenvalue weighted by Crippen LogP contribution is 2.21. The van der Waals surface area contributed by atoms with Crippen molar-refractivity contribution in [1.82, 2.24) is 9.97 Å². The maximum atomic E-state index is 11.0. The van der Waals surface area contributed by atoms with Crippen molar-refractivity contribution in [2.45, 2.75) is 24.5 Å². The van der Waals surface area contributed by atoms with E-state index in [4.69, 9.17) is 5.11 Å². The lowest BCUT2D eigenvalue weighted by molar-refractivity contribution is 0.0694. The van der Waals surface area contributed by atoms with Gasteiger partial charge in [-0.3, -0.25) is 0 Å². The average molecular weight is 274 g/mol. The summed E-state index contributed by atoms with van der Waals surface area (Å²) in [6, 6.07) is 9.98. The first kappa shape index (κ1) is 13.5. The van der Waals surface area contributed by atoms with Crippen molar-refractivity contribution in [3.05, 3.63) is 53.1 Å². The lowest BCUT2D eigenvalue weighted by Crippen LogP contribution is -2.09. The zero-order valence-electron chi connectivity index (χ0n) is 10.8. The number of hydrogen-bond acceptors (Lipinski definition) is 4. The summed E-state index contributed by atoms with van der Waals surface area (Å²) in [6.45, 7) is 3.41. The predicted octanol–water partition coefficient (Wildman–Crippen LogP) is 3.08. The Balaban J connectivity index is 2.16. The number of hydrogen-bond donors (Lipinski definition) is 1. The minimum Gasteiger partial charge on any atom is -0.478 e. The number of thioether (sulfide) groups is 1. The van der Waals surface area contributed by atoms with Gasteiger partial charge in [-0.2, -0.15) is 0 Å². The van der Waals surface area contributed by atoms with Crippen molar-refractivity contribution in [3.63, 3.8) is 0 Å². The molecule has 0 aliphatic rings. The third kappa shape index (κ3) is 3.32. The first-order valence-electron chi connectivity index (χ1n) is 5.83. The Kier molecular flexibility index (Phi) is 4.16. The molecule has 0 saturated heterocycles. The predicted molar refractivity (Wildman–Crippen MR) is 74.5 cm³/mol. The molecular formula is C14H14N2O2S. The Bertz CT molecular complexity index is 577. The van der Waals surface area contributed by atoms with Crippen LogP contribution in [0.5, 0.6) is 0 Å². The number of carboxylic acid groups (broad SMARTS) is 1. The van der Waals surface area contributed by atoms with E-state index in [9.17, 15) is 4.79 Å². The van der Waals surface area contributed by atoms with Gasteiger partial charge in [0.1, 0.15) is 11.4 Å². The van der Waals surface area contributed by atoms with Crippen LogP contribution in [0.3, 0.4) is 0 Å². The van der Waals surface area contributed by atoms with E-state index >= 15 is 0 Å². The fraction of sp³-hybridized carbons (Fsp3) is 0.214. The average Bonchev–Trinajstić information content (AvgIpc) is 2.36. The summed E-state index contributed by atoms with van der Waals surface area (Å²) in [6.07, 6.45) is 0. The second-order valence-corrected chi connectivity index (χ2v) is 5.14. The minimum atomic E-state index is -0.975. The van der Waals surface area contributed by atoms with Gasteiger partial charge in [-0.05, 0) is 26.0 Å². The molecular weight excluding hydrogens is 260 g/mol. The molecule has 1 heterocycles. The maximum absolute atomic E-state index is 11.0. The molecule has 0 bridgehead atoms. The normalized spacial score (nSPS) is 10.4. The lowest BCUT2D eigenvalue weighted by atomic mass is 10.2. The first-order chi connectivity index (χ1) is 9.08. The first-order valence-corrected chi connectivity index (χ1v) is 6.81. The molecule has 0 amide bonds. The molecule has 4 nitrogen and oxygen atoms in total. The molecule has 98 valence electrons. The molecule has 2 rings (SSSR count). The van der Waals surface area contributed by atoms with Gasteiger partial charge in [0.05, 0.1) is 17.1 Å². The van der Waals surface area contributed by atoms with E-state index in [0.29, 0.717) is 23.0 Å². The molecule has 1 aromatic carbocycles. The molecule has 0 aliphatic heterocycles. The Hall–Kier alpha value is -1.88. The molecule has 1 N–H and O–H groups in total. The van der Waals surface area contributed by atoms with Crippen molar-refractivity contribution in [1.29, 1.82) is 0 Å². The van der Waals surface area contributed by atoms with Crippen LogP contribution >= 0.6 is 11.8 Å². The lowest BCUT2D eigenvalue weighted by Gasteiger charge is -2.07. The molecule has 2 aromatic rings. The summed E-state index contributed by atoms with van der Waals surface area (Å²) in [4.78, 5) is 20.7. The van der Waals surface area contributed by atoms with Crippen LogP contribution in [0.15, 0.2) is 35.2 Å². The summed E-state index contributed by atoms with van der Waals surface area (Å²) in [5.74, 6) is 0.317. The molecule has 0 radical (unpaired) electrons. The number of benzene rings is 1. The van der Waals surface area contributed by atoms with Crippen LogP contribution in [0.25, 0.3) is 0 Å². The van der Waals surface area contributed by atoms with Gasteiger partial charge in [0.2, 0.25) is 0 Å². The van der Waals surface area contributed by atoms with Crippen LogP contribution in [0.4, 0.5) is 0 Å². The van der Waals surface area contributed by atoms with Crippen LogP contribution in [0, 0.1) is 13.8 Å². The molecule has 1 aromatic heterocycles. The van der Waals surface area contributed by atoms with E-state index in [0.717, 1.165) is 4.90 Å². The van der Waals surface area contributed by atoms with Gasteiger partial charge >= 0.3 is 5.97 Å². The third-order valence-corrected chi connectivity index (χ3v) is 3.65. The SMILES string of the molecule is Cc1nc(CSc2ccccc2)nc(C)c1C(=O)O. The van der Waals surface area contributed by atoms with Gasteiger partial charge in [0.15, 0.2) is 0 Å². The highest BCUT2D eigenvalue weighted by atomic mass is 32.2. The van der Waals surface area contributed by atoms with Crippen LogP contribution in [0.1, 0.15) is 27.6 Å². The van der Waals surface area contributed by atoms with Crippen LogP contribution in [-0.2, 0) is 5.75 Å². The number of aryl methyl sites for hydroxylation is 2. The van der Waals surface area contributed by atoms with Gasteiger partial charge in [0.25, 0.3) is 0 Å². The second-order valence-electron chi connectivity index (χ2n) is 4.09. The van der Waals surface area contributed by atoms with Crippen molar-refractivity contribution < 1.29 is 9.90 Å². The number of carbonyl (C=O) groups is 1. The number of carboxylic acids is 1. The highest BCUT2D eigenvalue weighted by molar-refractivity contribution is 7.98. The van der Waals surface area contributed by atoms with Gasteiger partial charge in [-0.25, -0.2) is 14.8 Å². The van der Waals surface area contributed by atoms with E-state index in [-0.39, 0.29) is 5.56 Å². The standard InChI is InChI=1S/C14H14N2O2S/c1-9-13(14(17)18)10(2)16-12(15-9)8-19-11-6-4-3-5-7-11/h3-7H,8H2,1-2H3,(H,17,18). The molecule has 0 aliphatic carbocycles. The molecule has 0 spiro atoms. The van der Waals surface area contributed by atoms with Gasteiger partial charge < -0.3 is 5.11 Å². The van der Waals surface area contributed by atoms with Gasteiger partial charge in [-0.15, -0.1) is 11.8 Å². The smallest absolute Gasteiger partial charge is 0.339 e. The van der Waals surface area contributed by atoms with E-state index < -0.39 is 5.97 Å². The van der Waals surface area contributed by atoms with Crippen LogP contribution in [-0.4, -0.2) is 21.0 Å². The molecule has 0 atom stereocenters. The second kappa shape index (κ2) is 5.84. The topological polar surface area (TPSA) is 63.1 Å². The summed E-state index contributed by atoms with van der Waals surface area (Å²) in [5, 5.41) is 9.06. The number of aromatic carboxylic acids is 1. The Morgan fingerprint density at radius 2 is 1.74 bits per heavy atom. The summed E-state index contributed by atoms with van der Waals surface area (Å²) < 4.78 is 0. The molecule has 0 fully saturated rings. The van der Waals surface area contributed by atoms with Gasteiger partial charge in [0, 0.05) is 4.90 Å². The number of aromatic nitrogens is 2. The molecule has 0 saturated carbocycles. The van der Waals surface area contributed by atoms with Gasteiger partial charge in [-0.1, -0.05) is 18.2 Å². The van der Waals surface area contributed by atoms with Crippen LogP contribution < -0.4 is 0 Å². The number of rotatable bonds is 4. The van der Waals surface area contributed by atoms with Crippen LogP contribution in [0.2, 0.25) is 0 Å². The summed E-state index contributed by atoms with van der Waals surface area (Å²) in [5.41, 5.74) is 1.24. The van der Waals surface area contributed by atoms with E-state index in [1.807, 2.05) is 30.3 Å². The van der Waals surface area contributed by atoms with E-state index in [1.54, 1.807) is 25.6 Å². The minimum absolute atomic E-state index is 0.202. The quantitative estimate of drug-likeness (QED) is 0.868. The maximum Gasteiger partial charge on any atom is 0.339 e. The van der Waals surface area contributed by atoms with Crippen molar-refractivity contribution >= 4 is 17.7 Å². The summed E-state index contributed by atoms with van der Waals surface area (Å²) >= 11 is 1.63. The number of nitrogens with zero attached hydrogens (tertiary/aromatic N) is 2. The largest absolute Gasteiger partial charge is 0.478 e. The summed E-state index contributed by atoms with van der Waals surface area (Å²) in [7, 11) is 0. The van der Waals surface area contributed by atoms with Crippen molar-refractivity contribution in [3.8, 4) is 0 Å². The molecule has 0 unspecified atom stereocenters. The molecule has 19 heavy (non-hydrogen) atoms. The van der Waals surface area contributed by atoms with Crippen molar-refractivity contribution in [2.24, 2.45) is 0 Å². The van der Waals surface area contributed by atoms with Crippen molar-refractivity contribution in [2.75, 3.05) is 0 Å². The zero-order valence-corrected chi connectivity index (χ0v) is 11.6. The Labute approximate surface area is 115 Å². The van der Waals surface area contributed by atoms with E-state index in [1.165, 1.54) is 0 Å². The fourth-order valence-corrected chi connectivity index (χ4v) is 2.60. The third-order valence-electron chi connectivity index (χ3n) is 2.64. The fourth-order valence-electron chi connectivity index (χ4n) is 1.82. The molecule has 5 heteroatoms. The monoisotopic (exact) mass is 274 g/mol. The highest BCUT2D eigenvalue weighted by Gasteiger charge is 2.14. The Morgan fingerprint density at radius 1 is 1.16 bits per heavy atom. The zero-order chi connectivity index (χ0) is 13.8. The Morgan fingerprint density at radius 3 is 2.26 bits per heavy atom. The van der Waals surface area contributed by atoms with E-state index in [2.05, 4.69) is 9.97 Å².